The molecule has 15 heavy (non-hydrogen) atoms. The number of rotatable bonds is 4. The molecule has 0 radical (unpaired) electrons. The molecule has 1 aromatic rings. The van der Waals surface area contributed by atoms with E-state index in [1.807, 2.05) is 0 Å². The van der Waals surface area contributed by atoms with Gasteiger partial charge in [0.1, 0.15) is 11.6 Å². The molecule has 0 aliphatic carbocycles. The van der Waals surface area contributed by atoms with Crippen molar-refractivity contribution < 1.29 is 5.11 Å². The zero-order valence-electron chi connectivity index (χ0n) is 8.89. The number of aliphatic hydroxyl groups is 1. The third-order valence-electron chi connectivity index (χ3n) is 3.03. The molecule has 0 bridgehead atoms. The minimum atomic E-state index is 0.216. The van der Waals surface area contributed by atoms with E-state index in [1.54, 1.807) is 0 Å². The smallest absolute Gasteiger partial charge is 0.133 e. The van der Waals surface area contributed by atoms with Gasteiger partial charge in [-0.2, -0.15) is 0 Å². The number of nitrogens with zero attached hydrogens (tertiary/aromatic N) is 3. The molecule has 0 spiro atoms. The molecule has 0 saturated heterocycles. The van der Waals surface area contributed by atoms with Gasteiger partial charge < -0.3 is 15.4 Å². The van der Waals surface area contributed by atoms with E-state index in [0.29, 0.717) is 5.92 Å². The largest absolute Gasteiger partial charge is 0.396 e. The number of aromatic nitrogens is 3. The predicted octanol–water partition coefficient (Wildman–Crippen LogP) is -0.276. The van der Waals surface area contributed by atoms with Crippen LogP contribution in [0.2, 0.25) is 0 Å². The van der Waals surface area contributed by atoms with Gasteiger partial charge in [0.05, 0.1) is 0 Å². The van der Waals surface area contributed by atoms with Gasteiger partial charge in [-0.3, -0.25) is 0 Å². The number of aliphatic hydroxyl groups excluding tert-OH is 1. The summed E-state index contributed by atoms with van der Waals surface area (Å²) in [4.78, 5) is 0. The van der Waals surface area contributed by atoms with Crippen molar-refractivity contribution >= 4 is 0 Å². The second-order valence-electron chi connectivity index (χ2n) is 4.11. The summed E-state index contributed by atoms with van der Waals surface area (Å²) < 4.78 is 2.18. The van der Waals surface area contributed by atoms with E-state index in [1.165, 1.54) is 0 Å². The van der Waals surface area contributed by atoms with Gasteiger partial charge in [0, 0.05) is 26.0 Å². The Morgan fingerprint density at radius 2 is 2.33 bits per heavy atom. The van der Waals surface area contributed by atoms with Crippen LogP contribution < -0.4 is 5.73 Å². The molecule has 0 saturated carbocycles. The molecule has 1 aliphatic rings. The standard InChI is InChI=1S/C10H18N4O/c11-7-8-3-4-14-9(2-1-5-15)12-13-10(14)6-8/h8,15H,1-7,11H2. The van der Waals surface area contributed by atoms with Crippen molar-refractivity contribution in [1.29, 1.82) is 0 Å². The monoisotopic (exact) mass is 210 g/mol. The Balaban J connectivity index is 2.08. The summed E-state index contributed by atoms with van der Waals surface area (Å²) in [5.41, 5.74) is 5.66. The molecule has 1 aliphatic heterocycles. The van der Waals surface area contributed by atoms with Gasteiger partial charge in [-0.15, -0.1) is 10.2 Å². The van der Waals surface area contributed by atoms with Crippen LogP contribution in [0.5, 0.6) is 0 Å². The first kappa shape index (κ1) is 10.6. The van der Waals surface area contributed by atoms with E-state index in [2.05, 4.69) is 14.8 Å². The van der Waals surface area contributed by atoms with Crippen molar-refractivity contribution in [2.75, 3.05) is 13.2 Å². The molecule has 1 atom stereocenters. The maximum absolute atomic E-state index is 8.78. The van der Waals surface area contributed by atoms with Gasteiger partial charge in [0.2, 0.25) is 0 Å². The first-order valence-electron chi connectivity index (χ1n) is 5.57. The van der Waals surface area contributed by atoms with Crippen LogP contribution in [0.15, 0.2) is 0 Å². The summed E-state index contributed by atoms with van der Waals surface area (Å²) in [6.45, 7) is 1.93. The van der Waals surface area contributed by atoms with Crippen molar-refractivity contribution in [1.82, 2.24) is 14.8 Å². The van der Waals surface area contributed by atoms with Crippen molar-refractivity contribution in [2.45, 2.75) is 32.2 Å². The van der Waals surface area contributed by atoms with Crippen LogP contribution in [-0.2, 0) is 19.4 Å². The maximum atomic E-state index is 8.78. The van der Waals surface area contributed by atoms with Crippen LogP contribution in [0, 0.1) is 5.92 Å². The van der Waals surface area contributed by atoms with Gasteiger partial charge in [-0.05, 0) is 25.3 Å². The topological polar surface area (TPSA) is 77.0 Å². The molecule has 0 aromatic carbocycles. The first-order valence-corrected chi connectivity index (χ1v) is 5.57. The van der Waals surface area contributed by atoms with Gasteiger partial charge in [-0.25, -0.2) is 0 Å². The van der Waals surface area contributed by atoms with Gasteiger partial charge >= 0.3 is 0 Å². The third-order valence-corrected chi connectivity index (χ3v) is 3.03. The summed E-state index contributed by atoms with van der Waals surface area (Å²) >= 11 is 0. The molecule has 0 amide bonds. The average molecular weight is 210 g/mol. The fourth-order valence-corrected chi connectivity index (χ4v) is 2.08. The molecule has 2 heterocycles. The highest BCUT2D eigenvalue weighted by molar-refractivity contribution is 5.00. The van der Waals surface area contributed by atoms with E-state index in [4.69, 9.17) is 10.8 Å². The molecule has 5 heteroatoms. The summed E-state index contributed by atoms with van der Waals surface area (Å²) in [6.07, 6.45) is 3.64. The Morgan fingerprint density at radius 1 is 1.47 bits per heavy atom. The zero-order valence-corrected chi connectivity index (χ0v) is 8.89. The molecule has 2 rings (SSSR count). The van der Waals surface area contributed by atoms with E-state index in [0.717, 1.165) is 50.4 Å². The molecule has 84 valence electrons. The molecule has 0 fully saturated rings. The quantitative estimate of drug-likeness (QED) is 0.717. The second-order valence-corrected chi connectivity index (χ2v) is 4.11. The predicted molar refractivity (Wildman–Crippen MR) is 56.3 cm³/mol. The van der Waals surface area contributed by atoms with Crippen LogP contribution in [0.1, 0.15) is 24.5 Å². The lowest BCUT2D eigenvalue weighted by atomic mass is 9.98. The fraction of sp³-hybridized carbons (Fsp3) is 0.800. The molecule has 5 nitrogen and oxygen atoms in total. The molecular weight excluding hydrogens is 192 g/mol. The van der Waals surface area contributed by atoms with Crippen molar-refractivity contribution in [3.63, 3.8) is 0 Å². The summed E-state index contributed by atoms with van der Waals surface area (Å²) in [7, 11) is 0. The van der Waals surface area contributed by atoms with Crippen LogP contribution in [0.4, 0.5) is 0 Å². The van der Waals surface area contributed by atoms with Crippen LogP contribution in [-0.4, -0.2) is 33.0 Å². The normalized spacial score (nSPS) is 20.3. The van der Waals surface area contributed by atoms with E-state index in [-0.39, 0.29) is 6.61 Å². The minimum absolute atomic E-state index is 0.216. The van der Waals surface area contributed by atoms with Crippen LogP contribution in [0.3, 0.4) is 0 Å². The highest BCUT2D eigenvalue weighted by atomic mass is 16.2. The highest BCUT2D eigenvalue weighted by Gasteiger charge is 2.21. The van der Waals surface area contributed by atoms with E-state index < -0.39 is 0 Å². The number of aryl methyl sites for hydroxylation is 1. The Bertz CT molecular complexity index is 310. The lowest BCUT2D eigenvalue weighted by Crippen LogP contribution is -2.26. The van der Waals surface area contributed by atoms with Crippen LogP contribution in [0.25, 0.3) is 0 Å². The second kappa shape index (κ2) is 4.72. The minimum Gasteiger partial charge on any atom is -0.396 e. The lowest BCUT2D eigenvalue weighted by molar-refractivity contribution is 0.286. The summed E-state index contributed by atoms with van der Waals surface area (Å²) in [5.74, 6) is 2.63. The SMILES string of the molecule is NCC1CCn2c(CCCO)nnc2C1. The number of nitrogens with two attached hydrogens (primary N) is 1. The zero-order chi connectivity index (χ0) is 10.7. The van der Waals surface area contributed by atoms with Crippen molar-refractivity contribution in [3.8, 4) is 0 Å². The Kier molecular flexibility index (Phi) is 3.33. The van der Waals surface area contributed by atoms with Crippen molar-refractivity contribution in [2.24, 2.45) is 11.7 Å². The molecular formula is C10H18N4O. The summed E-state index contributed by atoms with van der Waals surface area (Å²) in [6, 6.07) is 0. The van der Waals surface area contributed by atoms with Gasteiger partial charge in [-0.1, -0.05) is 0 Å². The first-order chi connectivity index (χ1) is 7.35. The Hall–Kier alpha value is -0.940. The fourth-order valence-electron chi connectivity index (χ4n) is 2.08. The van der Waals surface area contributed by atoms with Gasteiger partial charge in [0.15, 0.2) is 0 Å². The van der Waals surface area contributed by atoms with E-state index in [9.17, 15) is 0 Å². The molecule has 3 N–H and O–H groups in total. The highest BCUT2D eigenvalue weighted by Crippen LogP contribution is 2.19. The van der Waals surface area contributed by atoms with E-state index >= 15 is 0 Å². The van der Waals surface area contributed by atoms with Gasteiger partial charge in [0.25, 0.3) is 0 Å². The number of fused-ring (bicyclic) bond motifs is 1. The van der Waals surface area contributed by atoms with Crippen LogP contribution >= 0.6 is 0 Å². The Labute approximate surface area is 89.3 Å². The number of hydrogen-bond donors (Lipinski definition) is 2. The lowest BCUT2D eigenvalue weighted by Gasteiger charge is -2.22. The van der Waals surface area contributed by atoms with Crippen molar-refractivity contribution in [3.05, 3.63) is 11.6 Å². The molecule has 1 aromatic heterocycles. The average Bonchev–Trinajstić information content (AvgIpc) is 2.68. The third kappa shape index (κ3) is 2.18. The number of hydrogen-bond acceptors (Lipinski definition) is 4. The summed E-state index contributed by atoms with van der Waals surface area (Å²) in [5, 5.41) is 17.1. The molecule has 1 unspecified atom stereocenters. The Morgan fingerprint density at radius 3 is 3.07 bits per heavy atom. The maximum Gasteiger partial charge on any atom is 0.133 e.